The number of likely N-dealkylation sites (N-methyl/N-ethyl adjacent to an activating group) is 1. The van der Waals surface area contributed by atoms with E-state index >= 15 is 0 Å². The largest absolute Gasteiger partial charge is 0.368 e. The van der Waals surface area contributed by atoms with Crippen LogP contribution in [0.4, 0.5) is 0 Å². The molecule has 0 radical (unpaired) electrons. The zero-order chi connectivity index (χ0) is 13.8. The minimum atomic E-state index is -0.315. The van der Waals surface area contributed by atoms with Gasteiger partial charge < -0.3 is 15.6 Å². The number of carbonyl (C=O) groups is 1. The van der Waals surface area contributed by atoms with Crippen molar-refractivity contribution in [2.75, 3.05) is 7.05 Å². The summed E-state index contributed by atoms with van der Waals surface area (Å²) in [6.45, 7) is 2.82. The molecule has 1 aromatic carbocycles. The highest BCUT2D eigenvalue weighted by Gasteiger charge is 2.15. The van der Waals surface area contributed by atoms with Gasteiger partial charge in [0, 0.05) is 13.0 Å². The molecule has 1 unspecified atom stereocenters. The van der Waals surface area contributed by atoms with Crippen LogP contribution in [0.25, 0.3) is 11.0 Å². The summed E-state index contributed by atoms with van der Waals surface area (Å²) in [4.78, 5) is 15.8. The van der Waals surface area contributed by atoms with Gasteiger partial charge in [0.1, 0.15) is 5.82 Å². The van der Waals surface area contributed by atoms with Gasteiger partial charge in [-0.1, -0.05) is 19.1 Å². The number of nitrogens with zero attached hydrogens (tertiary/aromatic N) is 2. The summed E-state index contributed by atoms with van der Waals surface area (Å²) in [6, 6.07) is 7.75. The lowest BCUT2D eigenvalue weighted by molar-refractivity contribution is -0.120. The van der Waals surface area contributed by atoms with Gasteiger partial charge in [0.05, 0.1) is 17.1 Å². The van der Waals surface area contributed by atoms with E-state index in [0.29, 0.717) is 6.42 Å². The van der Waals surface area contributed by atoms with Gasteiger partial charge >= 0.3 is 0 Å². The minimum Gasteiger partial charge on any atom is -0.368 e. The van der Waals surface area contributed by atoms with Crippen molar-refractivity contribution in [1.82, 2.24) is 14.9 Å². The van der Waals surface area contributed by atoms with Gasteiger partial charge in [-0.25, -0.2) is 4.98 Å². The molecule has 1 heterocycles. The molecule has 0 aliphatic heterocycles. The van der Waals surface area contributed by atoms with Crippen LogP contribution in [0.1, 0.15) is 19.2 Å². The molecule has 1 atom stereocenters. The number of amides is 1. The highest BCUT2D eigenvalue weighted by molar-refractivity contribution is 5.80. The van der Waals surface area contributed by atoms with Gasteiger partial charge in [0.15, 0.2) is 0 Å². The Balaban J connectivity index is 2.26. The maximum absolute atomic E-state index is 11.2. The summed E-state index contributed by atoms with van der Waals surface area (Å²) >= 11 is 0. The van der Waals surface area contributed by atoms with Crippen LogP contribution >= 0.6 is 0 Å². The number of hydrogen-bond donors (Lipinski definition) is 2. The molecule has 3 N–H and O–H groups in total. The standard InChI is InChI=1S/C14H20N4O/c1-3-13-17-10-6-4-5-7-12(10)18(13)9-8-11(16-2)14(15)19/h4-7,11,16H,3,8-9H2,1-2H3,(H2,15,19). The quantitative estimate of drug-likeness (QED) is 0.815. The lowest BCUT2D eigenvalue weighted by atomic mass is 10.2. The number of hydrogen-bond acceptors (Lipinski definition) is 3. The van der Waals surface area contributed by atoms with Gasteiger partial charge in [0.2, 0.25) is 5.91 Å². The van der Waals surface area contributed by atoms with E-state index in [1.54, 1.807) is 7.05 Å². The first-order chi connectivity index (χ1) is 9.17. The third-order valence-electron chi connectivity index (χ3n) is 3.38. The SMILES string of the molecule is CCc1nc2ccccc2n1CCC(NC)C(N)=O. The number of nitrogens with two attached hydrogens (primary N) is 1. The van der Waals surface area contributed by atoms with E-state index in [1.165, 1.54) is 0 Å². The fourth-order valence-corrected chi connectivity index (χ4v) is 2.33. The van der Waals surface area contributed by atoms with Crippen molar-refractivity contribution in [2.24, 2.45) is 5.73 Å². The minimum absolute atomic E-state index is 0.300. The van der Waals surface area contributed by atoms with Crippen molar-refractivity contribution in [3.05, 3.63) is 30.1 Å². The topological polar surface area (TPSA) is 72.9 Å². The molecule has 0 saturated carbocycles. The smallest absolute Gasteiger partial charge is 0.234 e. The summed E-state index contributed by atoms with van der Waals surface area (Å²) in [6.07, 6.45) is 1.54. The normalized spacial score (nSPS) is 12.7. The Kier molecular flexibility index (Phi) is 4.16. The molecule has 5 nitrogen and oxygen atoms in total. The van der Waals surface area contributed by atoms with E-state index in [-0.39, 0.29) is 11.9 Å². The molecular formula is C14H20N4O. The summed E-state index contributed by atoms with van der Waals surface area (Å²) in [5, 5.41) is 2.94. The molecule has 0 aliphatic carbocycles. The van der Waals surface area contributed by atoms with Crippen LogP contribution in [0.2, 0.25) is 0 Å². The van der Waals surface area contributed by atoms with Gasteiger partial charge in [0.25, 0.3) is 0 Å². The first-order valence-corrected chi connectivity index (χ1v) is 6.58. The highest BCUT2D eigenvalue weighted by atomic mass is 16.1. The number of benzene rings is 1. The van der Waals surface area contributed by atoms with Gasteiger partial charge in [-0.3, -0.25) is 4.79 Å². The molecule has 0 aliphatic rings. The number of rotatable bonds is 6. The summed E-state index contributed by atoms with van der Waals surface area (Å²) in [7, 11) is 1.75. The van der Waals surface area contributed by atoms with Crippen molar-refractivity contribution in [2.45, 2.75) is 32.4 Å². The van der Waals surface area contributed by atoms with E-state index in [1.807, 2.05) is 18.2 Å². The van der Waals surface area contributed by atoms with Gasteiger partial charge in [-0.2, -0.15) is 0 Å². The number of primary amides is 1. The fourth-order valence-electron chi connectivity index (χ4n) is 2.33. The third kappa shape index (κ3) is 2.76. The van der Waals surface area contributed by atoms with Crippen LogP contribution in [0, 0.1) is 0 Å². The number of fused-ring (bicyclic) bond motifs is 1. The Hall–Kier alpha value is -1.88. The lowest BCUT2D eigenvalue weighted by Crippen LogP contribution is -2.39. The van der Waals surface area contributed by atoms with E-state index < -0.39 is 0 Å². The van der Waals surface area contributed by atoms with Crippen LogP contribution in [0.5, 0.6) is 0 Å². The molecule has 5 heteroatoms. The van der Waals surface area contributed by atoms with Gasteiger partial charge in [-0.15, -0.1) is 0 Å². The van der Waals surface area contributed by atoms with Crippen LogP contribution < -0.4 is 11.1 Å². The second-order valence-electron chi connectivity index (χ2n) is 4.55. The molecule has 102 valence electrons. The summed E-state index contributed by atoms with van der Waals surface area (Å²) in [5.41, 5.74) is 7.45. The zero-order valence-corrected chi connectivity index (χ0v) is 11.4. The molecule has 0 fully saturated rings. The maximum Gasteiger partial charge on any atom is 0.234 e. The predicted octanol–water partition coefficient (Wildman–Crippen LogP) is 1.06. The third-order valence-corrected chi connectivity index (χ3v) is 3.38. The number of para-hydroxylation sites is 2. The summed E-state index contributed by atoms with van der Waals surface area (Å²) in [5.74, 6) is 0.727. The highest BCUT2D eigenvalue weighted by Crippen LogP contribution is 2.17. The Morgan fingerprint density at radius 1 is 1.47 bits per heavy atom. The Morgan fingerprint density at radius 2 is 2.21 bits per heavy atom. The van der Waals surface area contributed by atoms with Crippen molar-refractivity contribution >= 4 is 16.9 Å². The van der Waals surface area contributed by atoms with E-state index in [4.69, 9.17) is 5.73 Å². The molecule has 2 aromatic rings. The fraction of sp³-hybridized carbons (Fsp3) is 0.429. The summed E-state index contributed by atoms with van der Waals surface area (Å²) < 4.78 is 2.17. The number of aryl methyl sites for hydroxylation is 2. The van der Waals surface area contributed by atoms with E-state index in [9.17, 15) is 4.79 Å². The van der Waals surface area contributed by atoms with Crippen molar-refractivity contribution < 1.29 is 4.79 Å². The number of aromatic nitrogens is 2. The molecular weight excluding hydrogens is 240 g/mol. The molecule has 19 heavy (non-hydrogen) atoms. The van der Waals surface area contributed by atoms with E-state index in [0.717, 1.165) is 29.8 Å². The maximum atomic E-state index is 11.2. The second-order valence-corrected chi connectivity index (χ2v) is 4.55. The van der Waals surface area contributed by atoms with Crippen LogP contribution in [0.15, 0.2) is 24.3 Å². The average Bonchev–Trinajstić information content (AvgIpc) is 2.77. The molecule has 1 amide bonds. The first-order valence-electron chi connectivity index (χ1n) is 6.58. The lowest BCUT2D eigenvalue weighted by Gasteiger charge is -2.14. The number of carbonyl (C=O) groups excluding carboxylic acids is 1. The van der Waals surface area contributed by atoms with Crippen molar-refractivity contribution in [3.63, 3.8) is 0 Å². The average molecular weight is 260 g/mol. The van der Waals surface area contributed by atoms with Crippen molar-refractivity contribution in [3.8, 4) is 0 Å². The number of imidazole rings is 1. The Labute approximate surface area is 112 Å². The molecule has 0 bridgehead atoms. The number of nitrogens with one attached hydrogen (secondary N) is 1. The van der Waals surface area contributed by atoms with Crippen molar-refractivity contribution in [1.29, 1.82) is 0 Å². The van der Waals surface area contributed by atoms with Crippen LogP contribution in [-0.2, 0) is 17.8 Å². The second kappa shape index (κ2) is 5.84. The Bertz CT molecular complexity index is 576. The Morgan fingerprint density at radius 3 is 2.84 bits per heavy atom. The molecule has 2 rings (SSSR count). The molecule has 1 aromatic heterocycles. The predicted molar refractivity (Wildman–Crippen MR) is 75.8 cm³/mol. The monoisotopic (exact) mass is 260 g/mol. The first kappa shape index (κ1) is 13.5. The molecule has 0 saturated heterocycles. The van der Waals surface area contributed by atoms with Crippen LogP contribution in [-0.4, -0.2) is 28.5 Å². The van der Waals surface area contributed by atoms with E-state index in [2.05, 4.69) is 27.9 Å². The molecule has 0 spiro atoms. The van der Waals surface area contributed by atoms with Gasteiger partial charge in [-0.05, 0) is 25.6 Å². The van der Waals surface area contributed by atoms with Crippen LogP contribution in [0.3, 0.4) is 0 Å². The zero-order valence-electron chi connectivity index (χ0n) is 11.4.